The van der Waals surface area contributed by atoms with Crippen LogP contribution in [0.5, 0.6) is 0 Å². The van der Waals surface area contributed by atoms with E-state index in [1.807, 2.05) is 0 Å². The van der Waals surface area contributed by atoms with Gasteiger partial charge in [-0.05, 0) is 31.9 Å². The summed E-state index contributed by atoms with van der Waals surface area (Å²) in [5, 5.41) is 13.1. The first-order valence-corrected chi connectivity index (χ1v) is 8.18. The lowest BCUT2D eigenvalue weighted by atomic mass is 9.94. The second kappa shape index (κ2) is 6.92. The maximum absolute atomic E-state index is 12.7. The quantitative estimate of drug-likeness (QED) is 0.860. The number of piperidine rings is 1. The minimum absolute atomic E-state index is 0.0656. The van der Waals surface area contributed by atoms with Crippen LogP contribution in [0, 0.1) is 6.92 Å². The first kappa shape index (κ1) is 16.9. The largest absolute Gasteiger partial charge is 0.480 e. The highest BCUT2D eigenvalue weighted by atomic mass is 16.4. The van der Waals surface area contributed by atoms with E-state index in [-0.39, 0.29) is 23.9 Å². The summed E-state index contributed by atoms with van der Waals surface area (Å²) in [5.41, 5.74) is 1.54. The van der Waals surface area contributed by atoms with Gasteiger partial charge in [0.15, 0.2) is 0 Å². The molecular weight excluding hydrogens is 324 g/mol. The lowest BCUT2D eigenvalue weighted by Crippen LogP contribution is -2.39. The number of likely N-dealkylation sites (tertiary alicyclic amines) is 1. The third-order valence-electron chi connectivity index (χ3n) is 4.31. The molecule has 132 valence electrons. The molecule has 3 heterocycles. The van der Waals surface area contributed by atoms with Gasteiger partial charge >= 0.3 is 5.97 Å². The number of hydrogen-bond donors (Lipinski definition) is 2. The molecule has 2 aromatic heterocycles. The number of aliphatic carboxylic acids is 1. The molecular formula is C17H20N4O4. The predicted octanol–water partition coefficient (Wildman–Crippen LogP) is 0.984. The number of nitrogens with zero attached hydrogens (tertiary/aromatic N) is 3. The fourth-order valence-electron chi connectivity index (χ4n) is 3.21. The van der Waals surface area contributed by atoms with E-state index >= 15 is 0 Å². The Morgan fingerprint density at radius 1 is 1.40 bits per heavy atom. The number of amides is 1. The highest BCUT2D eigenvalue weighted by Crippen LogP contribution is 2.26. The van der Waals surface area contributed by atoms with Crippen molar-refractivity contribution >= 4 is 11.9 Å². The van der Waals surface area contributed by atoms with Gasteiger partial charge in [-0.3, -0.25) is 19.1 Å². The summed E-state index contributed by atoms with van der Waals surface area (Å²) in [6, 6.07) is 4.80. The number of aromatic amines is 1. The van der Waals surface area contributed by atoms with Gasteiger partial charge in [-0.1, -0.05) is 0 Å². The monoisotopic (exact) mass is 344 g/mol. The summed E-state index contributed by atoms with van der Waals surface area (Å²) >= 11 is 0. The summed E-state index contributed by atoms with van der Waals surface area (Å²) in [6.45, 7) is 2.71. The van der Waals surface area contributed by atoms with E-state index in [4.69, 9.17) is 5.11 Å². The molecule has 0 aliphatic carbocycles. The topological polar surface area (TPSA) is 108 Å². The molecule has 3 rings (SSSR count). The molecule has 0 spiro atoms. The maximum Gasteiger partial charge on any atom is 0.325 e. The van der Waals surface area contributed by atoms with Gasteiger partial charge in [-0.25, -0.2) is 0 Å². The van der Waals surface area contributed by atoms with Gasteiger partial charge in [0.25, 0.3) is 5.91 Å². The lowest BCUT2D eigenvalue weighted by Gasteiger charge is -2.32. The Bertz CT molecular complexity index is 854. The zero-order valence-electron chi connectivity index (χ0n) is 13.9. The Labute approximate surface area is 144 Å². The molecule has 0 bridgehead atoms. The molecule has 0 radical (unpaired) electrons. The van der Waals surface area contributed by atoms with Gasteiger partial charge < -0.3 is 15.0 Å². The first-order chi connectivity index (χ1) is 11.9. The van der Waals surface area contributed by atoms with Crippen LogP contribution in [0.4, 0.5) is 0 Å². The van der Waals surface area contributed by atoms with Crippen molar-refractivity contribution in [1.82, 2.24) is 19.7 Å². The van der Waals surface area contributed by atoms with E-state index in [9.17, 15) is 14.4 Å². The fourth-order valence-corrected chi connectivity index (χ4v) is 3.21. The van der Waals surface area contributed by atoms with Crippen molar-refractivity contribution in [1.29, 1.82) is 0 Å². The van der Waals surface area contributed by atoms with Gasteiger partial charge in [0, 0.05) is 42.5 Å². The Hall–Kier alpha value is -2.90. The Morgan fingerprint density at radius 2 is 2.20 bits per heavy atom. The number of carboxylic acids is 1. The Balaban J connectivity index is 1.74. The van der Waals surface area contributed by atoms with Crippen molar-refractivity contribution in [3.05, 3.63) is 51.7 Å². The number of carbonyl (C=O) groups is 2. The van der Waals surface area contributed by atoms with Crippen LogP contribution in [0.1, 0.15) is 40.5 Å². The second-order valence-electron chi connectivity index (χ2n) is 6.34. The van der Waals surface area contributed by atoms with Crippen molar-refractivity contribution in [2.24, 2.45) is 0 Å². The summed E-state index contributed by atoms with van der Waals surface area (Å²) in [4.78, 5) is 39.4. The number of aromatic nitrogens is 3. The normalized spacial score (nSPS) is 17.5. The van der Waals surface area contributed by atoms with Crippen LogP contribution < -0.4 is 5.56 Å². The van der Waals surface area contributed by atoms with Crippen LogP contribution in [0.15, 0.2) is 29.2 Å². The highest BCUT2D eigenvalue weighted by molar-refractivity contribution is 5.94. The Morgan fingerprint density at radius 3 is 2.92 bits per heavy atom. The standard InChI is InChI=1S/C17H20N4O4/c1-11-7-13(8-15(22)18-11)17(25)20-5-2-3-12(9-20)14-4-6-21(19-14)10-16(23)24/h4,6-8,12H,2-3,5,9-10H2,1H3,(H,18,22)(H,23,24). The van der Waals surface area contributed by atoms with E-state index < -0.39 is 5.97 Å². The number of rotatable bonds is 4. The molecule has 1 aliphatic rings. The molecule has 1 fully saturated rings. The van der Waals surface area contributed by atoms with Crippen LogP contribution in [-0.2, 0) is 11.3 Å². The van der Waals surface area contributed by atoms with E-state index in [2.05, 4.69) is 10.1 Å². The molecule has 2 N–H and O–H groups in total. The minimum Gasteiger partial charge on any atom is -0.480 e. The molecule has 25 heavy (non-hydrogen) atoms. The number of carbonyl (C=O) groups excluding carboxylic acids is 1. The number of H-pyrrole nitrogens is 1. The van der Waals surface area contributed by atoms with Gasteiger partial charge in [0.2, 0.25) is 5.56 Å². The molecule has 8 nitrogen and oxygen atoms in total. The van der Waals surface area contributed by atoms with Gasteiger partial charge in [0.05, 0.1) is 5.69 Å². The molecule has 1 saturated heterocycles. The summed E-state index contributed by atoms with van der Waals surface area (Å²) < 4.78 is 1.39. The van der Waals surface area contributed by atoms with Gasteiger partial charge in [-0.2, -0.15) is 5.10 Å². The summed E-state index contributed by atoms with van der Waals surface area (Å²) in [7, 11) is 0. The third-order valence-corrected chi connectivity index (χ3v) is 4.31. The van der Waals surface area contributed by atoms with Gasteiger partial charge in [0.1, 0.15) is 6.54 Å². The molecule has 1 aliphatic heterocycles. The summed E-state index contributed by atoms with van der Waals surface area (Å²) in [6.07, 6.45) is 3.37. The van der Waals surface area contributed by atoms with E-state index in [1.54, 1.807) is 30.2 Å². The molecule has 0 aromatic carbocycles. The smallest absolute Gasteiger partial charge is 0.325 e. The molecule has 1 unspecified atom stereocenters. The average molecular weight is 344 g/mol. The molecule has 0 saturated carbocycles. The van der Waals surface area contributed by atoms with Gasteiger partial charge in [-0.15, -0.1) is 0 Å². The predicted molar refractivity (Wildman–Crippen MR) is 89.5 cm³/mol. The van der Waals surface area contributed by atoms with Crippen molar-refractivity contribution in [3.8, 4) is 0 Å². The zero-order valence-corrected chi connectivity index (χ0v) is 13.9. The van der Waals surface area contributed by atoms with Crippen LogP contribution in [0.2, 0.25) is 0 Å². The number of hydrogen-bond acceptors (Lipinski definition) is 4. The Kier molecular flexibility index (Phi) is 4.69. The van der Waals surface area contributed by atoms with Crippen molar-refractivity contribution in [3.63, 3.8) is 0 Å². The molecule has 2 aromatic rings. The average Bonchev–Trinajstić information content (AvgIpc) is 3.01. The number of aryl methyl sites for hydroxylation is 1. The third kappa shape index (κ3) is 3.96. The molecule has 1 amide bonds. The highest BCUT2D eigenvalue weighted by Gasteiger charge is 2.27. The lowest BCUT2D eigenvalue weighted by molar-refractivity contribution is -0.137. The van der Waals surface area contributed by atoms with Crippen molar-refractivity contribution in [2.75, 3.05) is 13.1 Å². The maximum atomic E-state index is 12.7. The van der Waals surface area contributed by atoms with E-state index in [0.29, 0.717) is 24.3 Å². The second-order valence-corrected chi connectivity index (χ2v) is 6.34. The fraction of sp³-hybridized carbons (Fsp3) is 0.412. The van der Waals surface area contributed by atoms with Crippen molar-refractivity contribution in [2.45, 2.75) is 32.2 Å². The number of nitrogens with one attached hydrogen (secondary N) is 1. The first-order valence-electron chi connectivity index (χ1n) is 8.18. The zero-order chi connectivity index (χ0) is 18.0. The molecule has 1 atom stereocenters. The van der Waals surface area contributed by atoms with Crippen LogP contribution in [-0.4, -0.2) is 49.7 Å². The van der Waals surface area contributed by atoms with E-state index in [0.717, 1.165) is 18.5 Å². The summed E-state index contributed by atoms with van der Waals surface area (Å²) in [5.74, 6) is -1.04. The SMILES string of the molecule is Cc1cc(C(=O)N2CCCC(c3ccn(CC(=O)O)n3)C2)cc(=O)[nH]1. The van der Waals surface area contributed by atoms with Crippen molar-refractivity contribution < 1.29 is 14.7 Å². The number of carboxylic acid groups (broad SMARTS) is 1. The minimum atomic E-state index is -0.945. The van der Waals surface area contributed by atoms with Crippen LogP contribution >= 0.6 is 0 Å². The van der Waals surface area contributed by atoms with E-state index in [1.165, 1.54) is 10.7 Å². The van der Waals surface area contributed by atoms with Crippen LogP contribution in [0.3, 0.4) is 0 Å². The molecule has 8 heteroatoms. The van der Waals surface area contributed by atoms with Crippen LogP contribution in [0.25, 0.3) is 0 Å². The number of pyridine rings is 1.